The molecule has 0 radical (unpaired) electrons. The summed E-state index contributed by atoms with van der Waals surface area (Å²) >= 11 is 0. The SMILES string of the molecule is CN(C)S(=O)(=O)c1ccc(C(=O)NC2(C)Cc3ccccc3C2)o1. The van der Waals surface area contributed by atoms with Gasteiger partial charge in [0.15, 0.2) is 5.76 Å². The van der Waals surface area contributed by atoms with Crippen molar-refractivity contribution in [3.8, 4) is 0 Å². The van der Waals surface area contributed by atoms with Crippen LogP contribution < -0.4 is 5.32 Å². The molecule has 128 valence electrons. The van der Waals surface area contributed by atoms with Crippen molar-refractivity contribution in [3.63, 3.8) is 0 Å². The van der Waals surface area contributed by atoms with Crippen LogP contribution in [0.1, 0.15) is 28.6 Å². The van der Waals surface area contributed by atoms with Crippen molar-refractivity contribution >= 4 is 15.9 Å². The van der Waals surface area contributed by atoms with E-state index in [0.29, 0.717) is 0 Å². The maximum absolute atomic E-state index is 12.5. The molecule has 7 heteroatoms. The van der Waals surface area contributed by atoms with E-state index in [9.17, 15) is 13.2 Å². The highest BCUT2D eigenvalue weighted by Crippen LogP contribution is 2.30. The minimum absolute atomic E-state index is 0.00685. The summed E-state index contributed by atoms with van der Waals surface area (Å²) in [4.78, 5) is 12.5. The van der Waals surface area contributed by atoms with E-state index >= 15 is 0 Å². The molecule has 0 aliphatic heterocycles. The number of fused-ring (bicyclic) bond motifs is 1. The van der Waals surface area contributed by atoms with E-state index in [1.165, 1.54) is 37.4 Å². The third-order valence-corrected chi connectivity index (χ3v) is 5.92. The number of carbonyl (C=O) groups is 1. The third-order valence-electron chi connectivity index (χ3n) is 4.24. The van der Waals surface area contributed by atoms with Gasteiger partial charge in [-0.1, -0.05) is 24.3 Å². The molecule has 6 nitrogen and oxygen atoms in total. The van der Waals surface area contributed by atoms with Crippen LogP contribution in [0, 0.1) is 0 Å². The average Bonchev–Trinajstić information content (AvgIpc) is 3.10. The lowest BCUT2D eigenvalue weighted by atomic mass is 9.98. The number of nitrogens with zero attached hydrogens (tertiary/aromatic N) is 1. The molecule has 0 saturated heterocycles. The van der Waals surface area contributed by atoms with E-state index in [2.05, 4.69) is 17.4 Å². The maximum Gasteiger partial charge on any atom is 0.287 e. The molecule has 0 fully saturated rings. The summed E-state index contributed by atoms with van der Waals surface area (Å²) in [5, 5.41) is 2.73. The van der Waals surface area contributed by atoms with E-state index in [1.54, 1.807) is 0 Å². The van der Waals surface area contributed by atoms with E-state index < -0.39 is 21.5 Å². The zero-order chi connectivity index (χ0) is 17.5. The molecule has 1 heterocycles. The molecule has 0 bridgehead atoms. The summed E-state index contributed by atoms with van der Waals surface area (Å²) in [6, 6.07) is 10.8. The molecule has 1 aromatic carbocycles. The Hall–Kier alpha value is -2.12. The average molecular weight is 348 g/mol. The topological polar surface area (TPSA) is 79.6 Å². The summed E-state index contributed by atoms with van der Waals surface area (Å²) in [6.07, 6.45) is 1.47. The van der Waals surface area contributed by atoms with Gasteiger partial charge in [-0.25, -0.2) is 12.7 Å². The number of benzene rings is 1. The first-order valence-electron chi connectivity index (χ1n) is 7.63. The van der Waals surface area contributed by atoms with Gasteiger partial charge in [-0.3, -0.25) is 4.79 Å². The summed E-state index contributed by atoms with van der Waals surface area (Å²) in [5.41, 5.74) is 2.03. The van der Waals surface area contributed by atoms with Crippen molar-refractivity contribution in [1.29, 1.82) is 0 Å². The van der Waals surface area contributed by atoms with Gasteiger partial charge in [-0.15, -0.1) is 0 Å². The molecule has 3 rings (SSSR count). The van der Waals surface area contributed by atoms with E-state index in [4.69, 9.17) is 4.42 Å². The number of furan rings is 1. The van der Waals surface area contributed by atoms with Crippen LogP contribution >= 0.6 is 0 Å². The van der Waals surface area contributed by atoms with Crippen LogP contribution in [0.5, 0.6) is 0 Å². The molecular formula is C17H20N2O4S. The molecule has 0 saturated carbocycles. The third kappa shape index (κ3) is 2.97. The highest BCUT2D eigenvalue weighted by atomic mass is 32.2. The predicted molar refractivity (Wildman–Crippen MR) is 89.3 cm³/mol. The number of hydrogen-bond acceptors (Lipinski definition) is 4. The van der Waals surface area contributed by atoms with Crippen LogP contribution in [0.2, 0.25) is 0 Å². The monoisotopic (exact) mass is 348 g/mol. The normalized spacial score (nSPS) is 16.2. The van der Waals surface area contributed by atoms with Gasteiger partial charge in [-0.05, 0) is 43.0 Å². The molecule has 1 aliphatic carbocycles. The number of sulfonamides is 1. The molecule has 24 heavy (non-hydrogen) atoms. The largest absolute Gasteiger partial charge is 0.438 e. The first kappa shape index (κ1) is 16.7. The van der Waals surface area contributed by atoms with Crippen LogP contribution in [0.4, 0.5) is 0 Å². The Morgan fingerprint density at radius 2 is 1.71 bits per heavy atom. The molecule has 2 aromatic rings. The van der Waals surface area contributed by atoms with Crippen LogP contribution in [0.15, 0.2) is 45.9 Å². The molecule has 0 atom stereocenters. The summed E-state index contributed by atoms with van der Waals surface area (Å²) in [7, 11) is -0.867. The Labute approximate surface area is 141 Å². The Bertz CT molecular complexity index is 859. The van der Waals surface area contributed by atoms with Crippen molar-refractivity contribution in [1.82, 2.24) is 9.62 Å². The van der Waals surface area contributed by atoms with E-state index in [-0.39, 0.29) is 10.9 Å². The lowest BCUT2D eigenvalue weighted by molar-refractivity contribution is 0.0875. The molecule has 1 aromatic heterocycles. The fourth-order valence-electron chi connectivity index (χ4n) is 2.99. The highest BCUT2D eigenvalue weighted by molar-refractivity contribution is 7.88. The Morgan fingerprint density at radius 1 is 1.12 bits per heavy atom. The zero-order valence-corrected chi connectivity index (χ0v) is 14.7. The fourth-order valence-corrected chi connectivity index (χ4v) is 3.79. The van der Waals surface area contributed by atoms with Gasteiger partial charge in [0.25, 0.3) is 15.9 Å². The van der Waals surface area contributed by atoms with Gasteiger partial charge in [0, 0.05) is 19.6 Å². The standard InChI is InChI=1S/C17H20N2O4S/c1-17(10-12-6-4-5-7-13(12)11-17)18-16(20)14-8-9-15(23-14)24(21,22)19(2)3/h4-9H,10-11H2,1-3H3,(H,18,20). The van der Waals surface area contributed by atoms with Gasteiger partial charge in [0.2, 0.25) is 5.09 Å². The van der Waals surface area contributed by atoms with Gasteiger partial charge in [0.05, 0.1) is 0 Å². The molecule has 0 unspecified atom stereocenters. The minimum atomic E-state index is -3.69. The molecular weight excluding hydrogens is 328 g/mol. The Morgan fingerprint density at radius 3 is 2.25 bits per heavy atom. The fraction of sp³-hybridized carbons (Fsp3) is 0.353. The second-order valence-corrected chi connectivity index (χ2v) is 8.63. The number of rotatable bonds is 4. The predicted octanol–water partition coefficient (Wildman–Crippen LogP) is 1.82. The van der Waals surface area contributed by atoms with Gasteiger partial charge in [-0.2, -0.15) is 0 Å². The number of hydrogen-bond donors (Lipinski definition) is 1. The van der Waals surface area contributed by atoms with Crippen molar-refractivity contribution in [2.24, 2.45) is 0 Å². The maximum atomic E-state index is 12.5. The van der Waals surface area contributed by atoms with Crippen LogP contribution in [-0.4, -0.2) is 38.3 Å². The van der Waals surface area contributed by atoms with Crippen molar-refractivity contribution in [2.45, 2.75) is 30.4 Å². The van der Waals surface area contributed by atoms with Crippen LogP contribution in [0.3, 0.4) is 0 Å². The highest BCUT2D eigenvalue weighted by Gasteiger charge is 2.35. The number of nitrogens with one attached hydrogen (secondary N) is 1. The van der Waals surface area contributed by atoms with Crippen molar-refractivity contribution in [3.05, 3.63) is 53.3 Å². The zero-order valence-electron chi connectivity index (χ0n) is 13.9. The first-order chi connectivity index (χ1) is 11.2. The lowest BCUT2D eigenvalue weighted by Gasteiger charge is -2.24. The Kier molecular flexibility index (Phi) is 4.01. The number of amides is 1. The van der Waals surface area contributed by atoms with Gasteiger partial charge in [0.1, 0.15) is 0 Å². The molecule has 1 amide bonds. The lowest BCUT2D eigenvalue weighted by Crippen LogP contribution is -2.46. The number of carbonyl (C=O) groups excluding carboxylic acids is 1. The van der Waals surface area contributed by atoms with Gasteiger partial charge >= 0.3 is 0 Å². The summed E-state index contributed by atoms with van der Waals surface area (Å²) in [5.74, 6) is -0.418. The first-order valence-corrected chi connectivity index (χ1v) is 9.07. The minimum Gasteiger partial charge on any atom is -0.438 e. The van der Waals surface area contributed by atoms with Gasteiger partial charge < -0.3 is 9.73 Å². The van der Waals surface area contributed by atoms with Crippen LogP contribution in [-0.2, 0) is 22.9 Å². The van der Waals surface area contributed by atoms with E-state index in [0.717, 1.165) is 17.1 Å². The van der Waals surface area contributed by atoms with Crippen molar-refractivity contribution in [2.75, 3.05) is 14.1 Å². The molecule has 1 N–H and O–H groups in total. The second-order valence-electron chi connectivity index (χ2n) is 6.54. The van der Waals surface area contributed by atoms with E-state index in [1.807, 2.05) is 19.1 Å². The second kappa shape index (κ2) is 5.75. The molecule has 0 spiro atoms. The quantitative estimate of drug-likeness (QED) is 0.914. The molecule has 1 aliphatic rings. The van der Waals surface area contributed by atoms with Crippen molar-refractivity contribution < 1.29 is 17.6 Å². The smallest absolute Gasteiger partial charge is 0.287 e. The summed E-state index contributed by atoms with van der Waals surface area (Å²) in [6.45, 7) is 1.98. The summed E-state index contributed by atoms with van der Waals surface area (Å²) < 4.78 is 30.4. The Balaban J connectivity index is 1.76. The van der Waals surface area contributed by atoms with Crippen LogP contribution in [0.25, 0.3) is 0 Å².